The minimum atomic E-state index is -0.464. The van der Waals surface area contributed by atoms with Gasteiger partial charge in [0, 0.05) is 59.1 Å². The number of nitro groups is 1. The van der Waals surface area contributed by atoms with Gasteiger partial charge in [-0.25, -0.2) is 0 Å². The molecule has 3 aromatic rings. The van der Waals surface area contributed by atoms with Crippen molar-refractivity contribution >= 4 is 79.2 Å². The molecular formula is C20H16Cl2N4O3S2. The Morgan fingerprint density at radius 2 is 1.71 bits per heavy atom. The number of nitro benzene ring substituents is 1. The summed E-state index contributed by atoms with van der Waals surface area (Å²) in [7, 11) is 0. The lowest BCUT2D eigenvalue weighted by Gasteiger charge is -2.36. The van der Waals surface area contributed by atoms with Crippen LogP contribution in [0, 0.1) is 10.1 Å². The summed E-state index contributed by atoms with van der Waals surface area (Å²) in [5.41, 5.74) is 0.818. The highest BCUT2D eigenvalue weighted by molar-refractivity contribution is 7.80. The number of non-ortho nitro benzene ring substituents is 1. The monoisotopic (exact) mass is 494 g/mol. The molecule has 0 spiro atoms. The number of piperazine rings is 1. The number of halogens is 2. The summed E-state index contributed by atoms with van der Waals surface area (Å²) in [6.45, 7) is 2.15. The van der Waals surface area contributed by atoms with Gasteiger partial charge in [-0.2, -0.15) is 0 Å². The molecule has 7 nitrogen and oxygen atoms in total. The van der Waals surface area contributed by atoms with Crippen molar-refractivity contribution in [3.8, 4) is 0 Å². The molecule has 0 saturated carbocycles. The summed E-state index contributed by atoms with van der Waals surface area (Å²) in [6, 6.07) is 11.7. The molecule has 2 aromatic carbocycles. The summed E-state index contributed by atoms with van der Waals surface area (Å²) in [6.07, 6.45) is 0. The highest BCUT2D eigenvalue weighted by Crippen LogP contribution is 2.38. The van der Waals surface area contributed by atoms with Crippen molar-refractivity contribution in [3.05, 3.63) is 67.5 Å². The van der Waals surface area contributed by atoms with Gasteiger partial charge in [-0.05, 0) is 42.5 Å². The van der Waals surface area contributed by atoms with Crippen LogP contribution in [0.4, 0.5) is 11.4 Å². The molecule has 1 amide bonds. The predicted molar refractivity (Wildman–Crippen MR) is 129 cm³/mol. The summed E-state index contributed by atoms with van der Waals surface area (Å²) in [5, 5.41) is 16.4. The van der Waals surface area contributed by atoms with Crippen LogP contribution in [-0.2, 0) is 0 Å². The van der Waals surface area contributed by atoms with Crippen LogP contribution in [0.3, 0.4) is 0 Å². The number of amides is 1. The number of nitrogens with zero attached hydrogens (tertiary/aromatic N) is 3. The molecule has 1 aliphatic heterocycles. The largest absolute Gasteiger partial charge is 0.345 e. The molecule has 11 heteroatoms. The maximum absolute atomic E-state index is 13.0. The van der Waals surface area contributed by atoms with Crippen molar-refractivity contribution in [3.63, 3.8) is 0 Å². The van der Waals surface area contributed by atoms with Crippen LogP contribution >= 0.6 is 46.8 Å². The first-order valence-electron chi connectivity index (χ1n) is 9.30. The molecule has 160 valence electrons. The van der Waals surface area contributed by atoms with Crippen molar-refractivity contribution in [2.24, 2.45) is 0 Å². The molecular weight excluding hydrogens is 479 g/mol. The van der Waals surface area contributed by atoms with E-state index in [1.54, 1.807) is 23.1 Å². The van der Waals surface area contributed by atoms with E-state index in [0.717, 1.165) is 5.69 Å². The third-order valence-electron chi connectivity index (χ3n) is 4.97. The van der Waals surface area contributed by atoms with E-state index in [-0.39, 0.29) is 11.6 Å². The lowest BCUT2D eigenvalue weighted by molar-refractivity contribution is -0.384. The first-order valence-corrected chi connectivity index (χ1v) is 11.3. The lowest BCUT2D eigenvalue weighted by atomic mass is 10.2. The molecule has 1 aromatic heterocycles. The van der Waals surface area contributed by atoms with Crippen molar-refractivity contribution < 1.29 is 9.72 Å². The predicted octanol–water partition coefficient (Wildman–Crippen LogP) is 5.27. The number of thiophene rings is 1. The van der Waals surface area contributed by atoms with Crippen molar-refractivity contribution in [1.82, 2.24) is 9.80 Å². The number of nitrogens with one attached hydrogen (secondary N) is 1. The molecule has 1 fully saturated rings. The summed E-state index contributed by atoms with van der Waals surface area (Å²) >= 11 is 19.0. The Bertz CT molecular complexity index is 1180. The van der Waals surface area contributed by atoms with Crippen LogP contribution in [0.2, 0.25) is 10.0 Å². The molecule has 2 heterocycles. The van der Waals surface area contributed by atoms with Crippen LogP contribution in [0.15, 0.2) is 42.5 Å². The molecule has 31 heavy (non-hydrogen) atoms. The van der Waals surface area contributed by atoms with Crippen LogP contribution in [0.25, 0.3) is 10.1 Å². The smallest absolute Gasteiger partial charge is 0.270 e. The summed E-state index contributed by atoms with van der Waals surface area (Å²) in [5.74, 6) is -0.176. The van der Waals surface area contributed by atoms with Gasteiger partial charge in [-0.3, -0.25) is 14.9 Å². The topological polar surface area (TPSA) is 78.7 Å². The fraction of sp³-hybridized carbons (Fsp3) is 0.200. The van der Waals surface area contributed by atoms with Gasteiger partial charge in [-0.1, -0.05) is 23.2 Å². The standard InChI is InChI=1S/C20H16Cl2N4O3S2/c21-12-1-3-13(4-2-12)23-20(30)25-9-7-24(8-10-25)19(27)18-17(22)15-6-5-14(26(28)29)11-16(15)31-18/h1-6,11H,7-10H2,(H,23,30). The Morgan fingerprint density at radius 3 is 2.35 bits per heavy atom. The average Bonchev–Trinajstić information content (AvgIpc) is 3.10. The number of benzene rings is 2. The first kappa shape index (κ1) is 21.8. The quantitative estimate of drug-likeness (QED) is 0.303. The third-order valence-corrected chi connectivity index (χ3v) is 7.23. The van der Waals surface area contributed by atoms with E-state index < -0.39 is 4.92 Å². The zero-order valence-electron chi connectivity index (χ0n) is 16.0. The Labute approximate surface area is 197 Å². The zero-order valence-corrected chi connectivity index (χ0v) is 19.2. The highest BCUT2D eigenvalue weighted by atomic mass is 35.5. The molecule has 0 aliphatic carbocycles. The second-order valence-corrected chi connectivity index (χ2v) is 9.15. The highest BCUT2D eigenvalue weighted by Gasteiger charge is 2.27. The Hall–Kier alpha value is -2.46. The molecule has 1 saturated heterocycles. The Balaban J connectivity index is 1.42. The maximum atomic E-state index is 13.0. The molecule has 0 bridgehead atoms. The van der Waals surface area contributed by atoms with Crippen LogP contribution in [-0.4, -0.2) is 51.9 Å². The Morgan fingerprint density at radius 1 is 1.06 bits per heavy atom. The average molecular weight is 495 g/mol. The lowest BCUT2D eigenvalue weighted by Crippen LogP contribution is -2.51. The van der Waals surface area contributed by atoms with Crippen molar-refractivity contribution in [2.75, 3.05) is 31.5 Å². The van der Waals surface area contributed by atoms with Gasteiger partial charge in [-0.15, -0.1) is 11.3 Å². The minimum Gasteiger partial charge on any atom is -0.345 e. The zero-order chi connectivity index (χ0) is 22.1. The van der Waals surface area contributed by atoms with E-state index in [2.05, 4.69) is 5.32 Å². The van der Waals surface area contributed by atoms with Crippen molar-refractivity contribution in [1.29, 1.82) is 0 Å². The number of anilines is 1. The fourth-order valence-corrected chi connectivity index (χ4v) is 5.24. The van der Waals surface area contributed by atoms with Gasteiger partial charge in [0.05, 0.1) is 9.95 Å². The summed E-state index contributed by atoms with van der Waals surface area (Å²) in [4.78, 5) is 27.7. The SMILES string of the molecule is O=C(c1sc2cc([N+](=O)[O-])ccc2c1Cl)N1CCN(C(=S)Nc2ccc(Cl)cc2)CC1. The van der Waals surface area contributed by atoms with Gasteiger partial charge >= 0.3 is 0 Å². The second kappa shape index (κ2) is 8.96. The summed E-state index contributed by atoms with van der Waals surface area (Å²) < 4.78 is 0.620. The van der Waals surface area contributed by atoms with E-state index in [1.807, 2.05) is 17.0 Å². The Kier molecular flexibility index (Phi) is 6.29. The molecule has 0 unspecified atom stereocenters. The number of thiocarbonyl (C=S) groups is 1. The van der Waals surface area contributed by atoms with Gasteiger partial charge in [0.25, 0.3) is 11.6 Å². The fourth-order valence-electron chi connectivity index (χ4n) is 3.30. The molecule has 1 N–H and O–H groups in total. The second-order valence-electron chi connectivity index (χ2n) is 6.90. The van der Waals surface area contributed by atoms with Crippen molar-refractivity contribution in [2.45, 2.75) is 0 Å². The number of hydrogen-bond donors (Lipinski definition) is 1. The van der Waals surface area contributed by atoms with E-state index in [0.29, 0.717) is 56.3 Å². The third kappa shape index (κ3) is 4.59. The number of hydrogen-bond acceptors (Lipinski definition) is 5. The van der Waals surface area contributed by atoms with Crippen LogP contribution in [0.1, 0.15) is 9.67 Å². The molecule has 0 radical (unpaired) electrons. The van der Waals surface area contributed by atoms with Gasteiger partial charge in [0.1, 0.15) is 4.88 Å². The minimum absolute atomic E-state index is 0.0280. The van der Waals surface area contributed by atoms with Gasteiger partial charge in [0.2, 0.25) is 0 Å². The van der Waals surface area contributed by atoms with E-state index in [9.17, 15) is 14.9 Å². The number of rotatable bonds is 3. The van der Waals surface area contributed by atoms with Gasteiger partial charge < -0.3 is 15.1 Å². The van der Waals surface area contributed by atoms with E-state index in [4.69, 9.17) is 35.4 Å². The number of fused-ring (bicyclic) bond motifs is 1. The number of carbonyl (C=O) groups excluding carboxylic acids is 1. The number of carbonyl (C=O) groups is 1. The van der Waals surface area contributed by atoms with E-state index in [1.165, 1.54) is 23.5 Å². The van der Waals surface area contributed by atoms with Gasteiger partial charge in [0.15, 0.2) is 5.11 Å². The molecule has 1 aliphatic rings. The van der Waals surface area contributed by atoms with E-state index >= 15 is 0 Å². The maximum Gasteiger partial charge on any atom is 0.270 e. The molecule has 4 rings (SSSR count). The first-order chi connectivity index (χ1) is 14.8. The van der Waals surface area contributed by atoms with Crippen LogP contribution in [0.5, 0.6) is 0 Å². The van der Waals surface area contributed by atoms with Crippen LogP contribution < -0.4 is 5.32 Å². The normalized spacial score (nSPS) is 14.0. The molecule has 0 atom stereocenters.